The lowest BCUT2D eigenvalue weighted by Gasteiger charge is -2.43. The van der Waals surface area contributed by atoms with Crippen LogP contribution in [0.2, 0.25) is 15.1 Å². The first-order chi connectivity index (χ1) is 8.13. The van der Waals surface area contributed by atoms with E-state index < -0.39 is 15.6 Å². The Kier molecular flexibility index (Phi) is 3.60. The number of benzene rings is 1. The van der Waals surface area contributed by atoms with E-state index in [1.807, 2.05) is 0 Å². The topological polar surface area (TPSA) is 57.6 Å². The molecule has 0 atom stereocenters. The average Bonchev–Trinajstić information content (AvgIpc) is 2.11. The largest absolute Gasteiger partial charge is 0.387 e. The highest BCUT2D eigenvalue weighted by atomic mass is 35.5. The first-order valence-electron chi connectivity index (χ1n) is 5.00. The van der Waals surface area contributed by atoms with E-state index in [9.17, 15) is 13.5 Å². The molecule has 0 unspecified atom stereocenters. The molecule has 0 bridgehead atoms. The van der Waals surface area contributed by atoms with Gasteiger partial charge < -0.3 is 5.11 Å². The molecule has 0 aliphatic carbocycles. The number of nitrogens with zero attached hydrogens (tertiary/aromatic N) is 1. The van der Waals surface area contributed by atoms with Crippen molar-refractivity contribution < 1.29 is 13.5 Å². The van der Waals surface area contributed by atoms with E-state index in [-0.39, 0.29) is 33.1 Å². The lowest BCUT2D eigenvalue weighted by Crippen LogP contribution is -2.61. The molecule has 0 spiro atoms. The van der Waals surface area contributed by atoms with E-state index in [2.05, 4.69) is 0 Å². The fourth-order valence-electron chi connectivity index (χ4n) is 1.79. The minimum absolute atomic E-state index is 0.0185. The van der Waals surface area contributed by atoms with Crippen LogP contribution in [0.4, 0.5) is 0 Å². The first-order valence-corrected chi connectivity index (χ1v) is 7.58. The zero-order valence-corrected chi connectivity index (χ0v) is 12.4. The molecule has 1 aromatic carbocycles. The van der Waals surface area contributed by atoms with Crippen LogP contribution >= 0.6 is 34.8 Å². The zero-order chi connectivity index (χ0) is 13.7. The second-order valence-corrected chi connectivity index (χ2v) is 7.59. The van der Waals surface area contributed by atoms with Gasteiger partial charge in [0.05, 0.1) is 15.6 Å². The van der Waals surface area contributed by atoms with Gasteiger partial charge in [0.1, 0.15) is 4.90 Å². The van der Waals surface area contributed by atoms with Crippen LogP contribution in [0.25, 0.3) is 0 Å². The maximum Gasteiger partial charge on any atom is 0.246 e. The van der Waals surface area contributed by atoms with Crippen molar-refractivity contribution in [1.29, 1.82) is 0 Å². The highest BCUT2D eigenvalue weighted by Crippen LogP contribution is 2.37. The van der Waals surface area contributed by atoms with Crippen molar-refractivity contribution >= 4 is 44.8 Å². The summed E-state index contributed by atoms with van der Waals surface area (Å²) in [7, 11) is -3.80. The molecule has 0 radical (unpaired) electrons. The standard InChI is InChI=1S/C10H10Cl3NO3S/c1-10(15)4-14(5-10)18(16,17)9-7(12)2-6(11)3-8(9)13/h2-3,15H,4-5H2,1H3. The monoisotopic (exact) mass is 329 g/mol. The van der Waals surface area contributed by atoms with Crippen molar-refractivity contribution in [2.75, 3.05) is 13.1 Å². The summed E-state index contributed by atoms with van der Waals surface area (Å²) in [5.41, 5.74) is -1.00. The van der Waals surface area contributed by atoms with Crippen molar-refractivity contribution in [3.05, 3.63) is 27.2 Å². The van der Waals surface area contributed by atoms with E-state index >= 15 is 0 Å². The quantitative estimate of drug-likeness (QED) is 0.906. The van der Waals surface area contributed by atoms with E-state index in [0.717, 1.165) is 4.31 Å². The van der Waals surface area contributed by atoms with Crippen LogP contribution in [-0.2, 0) is 10.0 Å². The van der Waals surface area contributed by atoms with Gasteiger partial charge in [0.25, 0.3) is 0 Å². The number of hydrogen-bond acceptors (Lipinski definition) is 3. The molecule has 0 amide bonds. The number of aliphatic hydroxyl groups is 1. The fourth-order valence-corrected chi connectivity index (χ4v) is 4.96. The molecule has 100 valence electrons. The van der Waals surface area contributed by atoms with Gasteiger partial charge in [-0.05, 0) is 19.1 Å². The van der Waals surface area contributed by atoms with Crippen LogP contribution in [-0.4, -0.2) is 36.5 Å². The van der Waals surface area contributed by atoms with Crippen LogP contribution in [0.15, 0.2) is 17.0 Å². The SMILES string of the molecule is CC1(O)CN(S(=O)(=O)c2c(Cl)cc(Cl)cc2Cl)C1. The predicted octanol–water partition coefficient (Wildman–Crippen LogP) is 2.40. The molecular formula is C10H10Cl3NO3S. The Balaban J connectivity index is 2.44. The number of halogens is 3. The van der Waals surface area contributed by atoms with Gasteiger partial charge >= 0.3 is 0 Å². The highest BCUT2D eigenvalue weighted by molar-refractivity contribution is 7.89. The smallest absolute Gasteiger partial charge is 0.246 e. The maximum absolute atomic E-state index is 12.3. The molecular weight excluding hydrogens is 321 g/mol. The normalized spacial score (nSPS) is 19.6. The van der Waals surface area contributed by atoms with Crippen molar-refractivity contribution in [2.45, 2.75) is 17.4 Å². The molecule has 2 rings (SSSR count). The van der Waals surface area contributed by atoms with Crippen molar-refractivity contribution in [1.82, 2.24) is 4.31 Å². The van der Waals surface area contributed by atoms with Crippen LogP contribution < -0.4 is 0 Å². The van der Waals surface area contributed by atoms with Crippen LogP contribution in [0.5, 0.6) is 0 Å². The van der Waals surface area contributed by atoms with Gasteiger partial charge in [0.15, 0.2) is 0 Å². The Labute approximate surface area is 120 Å². The van der Waals surface area contributed by atoms with Gasteiger partial charge in [0, 0.05) is 18.1 Å². The zero-order valence-electron chi connectivity index (χ0n) is 9.32. The Morgan fingerprint density at radius 2 is 1.67 bits per heavy atom. The van der Waals surface area contributed by atoms with Gasteiger partial charge in [-0.25, -0.2) is 8.42 Å². The van der Waals surface area contributed by atoms with E-state index in [1.165, 1.54) is 12.1 Å². The molecule has 1 aliphatic heterocycles. The van der Waals surface area contributed by atoms with E-state index in [0.29, 0.717) is 0 Å². The minimum Gasteiger partial charge on any atom is -0.387 e. The van der Waals surface area contributed by atoms with Gasteiger partial charge in [-0.1, -0.05) is 34.8 Å². The summed E-state index contributed by atoms with van der Waals surface area (Å²) < 4.78 is 25.6. The number of sulfonamides is 1. The molecule has 1 saturated heterocycles. The summed E-state index contributed by atoms with van der Waals surface area (Å²) >= 11 is 17.5. The second kappa shape index (κ2) is 4.51. The van der Waals surface area contributed by atoms with Crippen molar-refractivity contribution in [2.24, 2.45) is 0 Å². The Morgan fingerprint density at radius 1 is 1.22 bits per heavy atom. The summed E-state index contributed by atoms with van der Waals surface area (Å²) in [6.07, 6.45) is 0. The van der Waals surface area contributed by atoms with Crippen molar-refractivity contribution in [3.8, 4) is 0 Å². The lowest BCUT2D eigenvalue weighted by molar-refractivity contribution is -0.0426. The van der Waals surface area contributed by atoms with Crippen molar-refractivity contribution in [3.63, 3.8) is 0 Å². The Morgan fingerprint density at radius 3 is 2.06 bits per heavy atom. The third-order valence-corrected chi connectivity index (χ3v) is 5.53. The third-order valence-electron chi connectivity index (χ3n) is 2.59. The Hall–Kier alpha value is -0.0400. The molecule has 1 aliphatic rings. The molecule has 1 N–H and O–H groups in total. The van der Waals surface area contributed by atoms with Crippen LogP contribution in [0, 0.1) is 0 Å². The fraction of sp³-hybridized carbons (Fsp3) is 0.400. The van der Waals surface area contributed by atoms with Crippen LogP contribution in [0.1, 0.15) is 6.92 Å². The third kappa shape index (κ3) is 2.48. The van der Waals surface area contributed by atoms with E-state index in [4.69, 9.17) is 34.8 Å². The summed E-state index contributed by atoms with van der Waals surface area (Å²) in [6, 6.07) is 2.64. The molecule has 18 heavy (non-hydrogen) atoms. The number of rotatable bonds is 2. The van der Waals surface area contributed by atoms with Gasteiger partial charge in [-0.2, -0.15) is 4.31 Å². The summed E-state index contributed by atoms with van der Waals surface area (Å²) in [4.78, 5) is -0.175. The highest BCUT2D eigenvalue weighted by Gasteiger charge is 2.45. The lowest BCUT2D eigenvalue weighted by atomic mass is 10.0. The van der Waals surface area contributed by atoms with Gasteiger partial charge in [0.2, 0.25) is 10.0 Å². The number of hydrogen-bond donors (Lipinski definition) is 1. The molecule has 1 fully saturated rings. The molecule has 0 saturated carbocycles. The van der Waals surface area contributed by atoms with E-state index in [1.54, 1.807) is 6.92 Å². The Bertz CT molecular complexity index is 569. The minimum atomic E-state index is -3.80. The number of β-amino-alcohol motifs (C(OH)–C–C–N with tert-alkyl or cyclic N) is 1. The summed E-state index contributed by atoms with van der Waals surface area (Å²) in [5, 5.41) is 9.79. The molecule has 8 heteroatoms. The first kappa shape index (κ1) is 14.4. The molecule has 0 aromatic heterocycles. The predicted molar refractivity (Wildman–Crippen MR) is 70.9 cm³/mol. The molecule has 4 nitrogen and oxygen atoms in total. The van der Waals surface area contributed by atoms with Gasteiger partial charge in [-0.3, -0.25) is 0 Å². The van der Waals surface area contributed by atoms with Gasteiger partial charge in [-0.15, -0.1) is 0 Å². The summed E-state index contributed by atoms with van der Waals surface area (Å²) in [6.45, 7) is 1.60. The molecule has 1 heterocycles. The van der Waals surface area contributed by atoms with Crippen LogP contribution in [0.3, 0.4) is 0 Å². The summed E-state index contributed by atoms with van der Waals surface area (Å²) in [5.74, 6) is 0. The average molecular weight is 331 g/mol. The maximum atomic E-state index is 12.3. The molecule has 1 aromatic rings. The second-order valence-electron chi connectivity index (χ2n) is 4.47.